The molecule has 146 valence electrons. The maximum atomic E-state index is 12.5. The predicted octanol–water partition coefficient (Wildman–Crippen LogP) is 1.96. The summed E-state index contributed by atoms with van der Waals surface area (Å²) in [5.74, 6) is 1.15. The van der Waals surface area contributed by atoms with Crippen molar-refractivity contribution in [3.05, 3.63) is 29.1 Å². The number of H-pyrrole nitrogens is 1. The fourth-order valence-corrected chi connectivity index (χ4v) is 4.51. The number of nitrogens with one attached hydrogen (secondary N) is 4. The van der Waals surface area contributed by atoms with Crippen LogP contribution in [0.2, 0.25) is 0 Å². The fraction of sp³-hybridized carbons (Fsp3) is 0.619. The molecule has 1 amide bonds. The van der Waals surface area contributed by atoms with Crippen molar-refractivity contribution in [3.8, 4) is 0 Å². The maximum Gasteiger partial charge on any atom is 0.237 e. The van der Waals surface area contributed by atoms with Crippen LogP contribution in [0.15, 0.2) is 12.1 Å². The first kappa shape index (κ1) is 18.4. The van der Waals surface area contributed by atoms with E-state index in [9.17, 15) is 4.79 Å². The fourth-order valence-electron chi connectivity index (χ4n) is 4.51. The van der Waals surface area contributed by atoms with Crippen molar-refractivity contribution in [1.29, 1.82) is 0 Å². The molecule has 6 nitrogen and oxygen atoms in total. The molecule has 1 atom stereocenters. The Hall–Kier alpha value is -1.92. The van der Waals surface area contributed by atoms with E-state index in [1.165, 1.54) is 24.0 Å². The van der Waals surface area contributed by atoms with Crippen molar-refractivity contribution in [2.75, 3.05) is 26.2 Å². The summed E-state index contributed by atoms with van der Waals surface area (Å²) in [5.41, 5.74) is 5.00. The quantitative estimate of drug-likeness (QED) is 0.607. The summed E-state index contributed by atoms with van der Waals surface area (Å²) in [6.07, 6.45) is 5.07. The standard InChI is InChI=1S/C21H31N5O/c1-14-5-6-16-19(15(14)2)26-18(25-16)4-3-9-23-20(27)17-12-21(13-24-17)7-10-22-11-8-21/h5-6,17,22,24H,3-4,7-13H2,1-2H3,(H,23,27)(H,25,26)/t17-/m1/s1. The number of carbonyl (C=O) groups is 1. The SMILES string of the molecule is Cc1ccc2[nH]c(CCCNC(=O)[C@H]3CC4(CCNCC4)CN3)nc2c1C. The van der Waals surface area contributed by atoms with Gasteiger partial charge in [0.25, 0.3) is 0 Å². The number of imidazole rings is 1. The number of rotatable bonds is 5. The first-order valence-electron chi connectivity index (χ1n) is 10.2. The van der Waals surface area contributed by atoms with E-state index in [0.717, 1.165) is 55.8 Å². The van der Waals surface area contributed by atoms with E-state index >= 15 is 0 Å². The Balaban J connectivity index is 1.24. The van der Waals surface area contributed by atoms with E-state index in [1.54, 1.807) is 0 Å². The van der Waals surface area contributed by atoms with Gasteiger partial charge in [-0.2, -0.15) is 0 Å². The van der Waals surface area contributed by atoms with Crippen molar-refractivity contribution in [2.45, 2.75) is 52.0 Å². The van der Waals surface area contributed by atoms with Crippen molar-refractivity contribution < 1.29 is 4.79 Å². The van der Waals surface area contributed by atoms with E-state index < -0.39 is 0 Å². The van der Waals surface area contributed by atoms with Crippen molar-refractivity contribution >= 4 is 16.9 Å². The number of hydrogen-bond donors (Lipinski definition) is 4. The molecule has 6 heteroatoms. The lowest BCUT2D eigenvalue weighted by molar-refractivity contribution is -0.123. The molecule has 2 aliphatic rings. The van der Waals surface area contributed by atoms with Crippen molar-refractivity contribution in [3.63, 3.8) is 0 Å². The van der Waals surface area contributed by atoms with Gasteiger partial charge in [-0.3, -0.25) is 4.79 Å². The lowest BCUT2D eigenvalue weighted by Gasteiger charge is -2.33. The van der Waals surface area contributed by atoms with Gasteiger partial charge >= 0.3 is 0 Å². The largest absolute Gasteiger partial charge is 0.355 e. The average Bonchev–Trinajstić information content (AvgIpc) is 3.27. The lowest BCUT2D eigenvalue weighted by Crippen LogP contribution is -2.40. The molecule has 3 heterocycles. The highest BCUT2D eigenvalue weighted by atomic mass is 16.2. The number of carbonyl (C=O) groups excluding carboxylic acids is 1. The Morgan fingerprint density at radius 3 is 2.93 bits per heavy atom. The van der Waals surface area contributed by atoms with Crippen LogP contribution in [0.4, 0.5) is 0 Å². The normalized spacial score (nSPS) is 21.8. The Morgan fingerprint density at radius 1 is 1.30 bits per heavy atom. The predicted molar refractivity (Wildman–Crippen MR) is 108 cm³/mol. The Bertz CT molecular complexity index is 821. The molecule has 4 N–H and O–H groups in total. The number of aromatic nitrogens is 2. The van der Waals surface area contributed by atoms with E-state index in [0.29, 0.717) is 12.0 Å². The molecule has 2 fully saturated rings. The Kier molecular flexibility index (Phi) is 5.19. The Labute approximate surface area is 160 Å². The van der Waals surface area contributed by atoms with E-state index in [4.69, 9.17) is 4.98 Å². The van der Waals surface area contributed by atoms with Crippen molar-refractivity contribution in [2.24, 2.45) is 5.41 Å². The van der Waals surface area contributed by atoms with Gasteiger partial charge < -0.3 is 20.9 Å². The van der Waals surface area contributed by atoms with Gasteiger partial charge in [-0.05, 0) is 75.2 Å². The summed E-state index contributed by atoms with van der Waals surface area (Å²) >= 11 is 0. The van der Waals surface area contributed by atoms with Gasteiger partial charge in [0.15, 0.2) is 0 Å². The van der Waals surface area contributed by atoms with Crippen LogP contribution in [0.1, 0.15) is 42.6 Å². The second kappa shape index (κ2) is 7.60. The van der Waals surface area contributed by atoms with Gasteiger partial charge in [0.2, 0.25) is 5.91 Å². The summed E-state index contributed by atoms with van der Waals surface area (Å²) in [4.78, 5) is 20.6. The highest BCUT2D eigenvalue weighted by molar-refractivity contribution is 5.82. The van der Waals surface area contributed by atoms with Gasteiger partial charge in [0.1, 0.15) is 5.82 Å². The Morgan fingerprint density at radius 2 is 2.11 bits per heavy atom. The number of nitrogens with zero attached hydrogens (tertiary/aromatic N) is 1. The number of aromatic amines is 1. The molecule has 27 heavy (non-hydrogen) atoms. The molecule has 0 saturated carbocycles. The van der Waals surface area contributed by atoms with Crippen LogP contribution in [0.3, 0.4) is 0 Å². The summed E-state index contributed by atoms with van der Waals surface area (Å²) in [6.45, 7) is 8.06. The molecule has 4 rings (SSSR count). The molecular weight excluding hydrogens is 338 g/mol. The molecule has 1 aromatic heterocycles. The average molecular weight is 370 g/mol. The number of piperidine rings is 1. The number of amides is 1. The molecular formula is C21H31N5O. The van der Waals surface area contributed by atoms with E-state index in [1.807, 2.05) is 0 Å². The van der Waals surface area contributed by atoms with Gasteiger partial charge in [0.05, 0.1) is 17.1 Å². The number of hydrogen-bond acceptors (Lipinski definition) is 4. The van der Waals surface area contributed by atoms with Gasteiger partial charge in [-0.25, -0.2) is 4.98 Å². The van der Waals surface area contributed by atoms with Crippen LogP contribution in [-0.4, -0.2) is 48.1 Å². The zero-order valence-corrected chi connectivity index (χ0v) is 16.5. The third-order valence-electron chi connectivity index (χ3n) is 6.46. The molecule has 0 unspecified atom stereocenters. The summed E-state index contributed by atoms with van der Waals surface area (Å²) in [7, 11) is 0. The van der Waals surface area contributed by atoms with Crippen LogP contribution in [0, 0.1) is 19.3 Å². The maximum absolute atomic E-state index is 12.5. The first-order valence-corrected chi connectivity index (χ1v) is 10.2. The molecule has 0 radical (unpaired) electrons. The van der Waals surface area contributed by atoms with Crippen LogP contribution in [0.25, 0.3) is 11.0 Å². The zero-order valence-electron chi connectivity index (χ0n) is 16.5. The second-order valence-electron chi connectivity index (χ2n) is 8.37. The molecule has 2 saturated heterocycles. The van der Waals surface area contributed by atoms with Gasteiger partial charge in [0, 0.05) is 19.5 Å². The monoisotopic (exact) mass is 369 g/mol. The minimum absolute atomic E-state index is 0.0278. The van der Waals surface area contributed by atoms with Gasteiger partial charge in [-0.15, -0.1) is 0 Å². The van der Waals surface area contributed by atoms with Gasteiger partial charge in [-0.1, -0.05) is 6.07 Å². The molecule has 0 aliphatic carbocycles. The number of fused-ring (bicyclic) bond motifs is 1. The first-order chi connectivity index (χ1) is 13.1. The van der Waals surface area contributed by atoms with Crippen LogP contribution < -0.4 is 16.0 Å². The van der Waals surface area contributed by atoms with Crippen molar-refractivity contribution in [1.82, 2.24) is 25.9 Å². The highest BCUT2D eigenvalue weighted by Crippen LogP contribution is 2.37. The smallest absolute Gasteiger partial charge is 0.237 e. The zero-order chi connectivity index (χ0) is 18.9. The second-order valence-corrected chi connectivity index (χ2v) is 8.37. The minimum atomic E-state index is -0.0278. The lowest BCUT2D eigenvalue weighted by atomic mass is 9.77. The third kappa shape index (κ3) is 3.87. The summed E-state index contributed by atoms with van der Waals surface area (Å²) in [5, 5.41) is 9.97. The number of aryl methyl sites for hydroxylation is 3. The van der Waals surface area contributed by atoms with Crippen LogP contribution >= 0.6 is 0 Å². The minimum Gasteiger partial charge on any atom is -0.355 e. The van der Waals surface area contributed by atoms with E-state index in [2.05, 4.69) is 46.9 Å². The molecule has 1 aromatic carbocycles. The number of benzene rings is 1. The van der Waals surface area contributed by atoms with Crippen LogP contribution in [-0.2, 0) is 11.2 Å². The highest BCUT2D eigenvalue weighted by Gasteiger charge is 2.41. The molecule has 0 bridgehead atoms. The molecule has 1 spiro atoms. The van der Waals surface area contributed by atoms with E-state index in [-0.39, 0.29) is 11.9 Å². The third-order valence-corrected chi connectivity index (χ3v) is 6.46. The molecule has 2 aliphatic heterocycles. The summed E-state index contributed by atoms with van der Waals surface area (Å²) in [6, 6.07) is 4.20. The molecule has 2 aromatic rings. The topological polar surface area (TPSA) is 81.8 Å². The summed E-state index contributed by atoms with van der Waals surface area (Å²) < 4.78 is 0. The van der Waals surface area contributed by atoms with Crippen LogP contribution in [0.5, 0.6) is 0 Å².